The van der Waals surface area contributed by atoms with Gasteiger partial charge in [0.1, 0.15) is 5.82 Å². The molecule has 1 heterocycles. The number of carbonyl (C=O) groups excluding carboxylic acids is 2. The van der Waals surface area contributed by atoms with Gasteiger partial charge in [-0.25, -0.2) is 4.68 Å². The van der Waals surface area contributed by atoms with Gasteiger partial charge in [0.25, 0.3) is 0 Å². The van der Waals surface area contributed by atoms with Gasteiger partial charge in [-0.15, -0.1) is 0 Å². The number of hydrogen-bond acceptors (Lipinski definition) is 3. The Morgan fingerprint density at radius 3 is 2.23 bits per heavy atom. The summed E-state index contributed by atoms with van der Waals surface area (Å²) in [5.41, 5.74) is 3.73. The van der Waals surface area contributed by atoms with E-state index in [9.17, 15) is 9.59 Å². The summed E-state index contributed by atoms with van der Waals surface area (Å²) < 4.78 is 1.72. The van der Waals surface area contributed by atoms with Gasteiger partial charge in [0.15, 0.2) is 0 Å². The maximum absolute atomic E-state index is 12.6. The van der Waals surface area contributed by atoms with Crippen molar-refractivity contribution in [3.63, 3.8) is 0 Å². The number of hydrogen-bond donors (Lipinski definition) is 2. The molecule has 2 N–H and O–H groups in total. The van der Waals surface area contributed by atoms with E-state index in [0.29, 0.717) is 11.7 Å². The molecule has 0 aliphatic rings. The van der Waals surface area contributed by atoms with Crippen molar-refractivity contribution in [3.8, 4) is 16.9 Å². The molecule has 0 spiro atoms. The summed E-state index contributed by atoms with van der Waals surface area (Å²) in [5, 5.41) is 10.6. The van der Waals surface area contributed by atoms with Crippen molar-refractivity contribution in [2.24, 2.45) is 5.92 Å². The minimum atomic E-state index is -0.222. The second kappa shape index (κ2) is 10.1. The standard InChI is InChI=1S/C25H30N4O2/c1-17(2)19(4)26-24(30)14-15-25(31)27-23-16-22(20-8-6-5-7-9-20)28-29(23)21-12-10-18(3)11-13-21/h5-13,16-17,19H,14-15H2,1-4H3,(H,26,30)(H,27,31). The molecular formula is C25H30N4O2. The van der Waals surface area contributed by atoms with Crippen LogP contribution in [0.4, 0.5) is 5.82 Å². The third kappa shape index (κ3) is 6.04. The van der Waals surface area contributed by atoms with Crippen LogP contribution in [0, 0.1) is 12.8 Å². The second-order valence-electron chi connectivity index (χ2n) is 8.18. The number of carbonyl (C=O) groups is 2. The van der Waals surface area contributed by atoms with Gasteiger partial charge in [-0.1, -0.05) is 61.9 Å². The van der Waals surface area contributed by atoms with Crippen molar-refractivity contribution in [1.82, 2.24) is 15.1 Å². The maximum atomic E-state index is 12.6. The molecule has 0 bridgehead atoms. The van der Waals surface area contributed by atoms with E-state index in [1.165, 1.54) is 0 Å². The van der Waals surface area contributed by atoms with E-state index >= 15 is 0 Å². The molecule has 162 valence electrons. The summed E-state index contributed by atoms with van der Waals surface area (Å²) in [6.07, 6.45) is 0.253. The molecule has 1 atom stereocenters. The molecule has 0 saturated carbocycles. The molecule has 6 nitrogen and oxygen atoms in total. The van der Waals surface area contributed by atoms with Crippen LogP contribution in [-0.4, -0.2) is 27.6 Å². The molecule has 0 saturated heterocycles. The van der Waals surface area contributed by atoms with Crippen molar-refractivity contribution >= 4 is 17.6 Å². The Labute approximate surface area is 183 Å². The lowest BCUT2D eigenvalue weighted by atomic mass is 10.1. The molecule has 3 aromatic rings. The fraction of sp³-hybridized carbons (Fsp3) is 0.320. The molecule has 2 aromatic carbocycles. The van der Waals surface area contributed by atoms with Crippen LogP contribution in [0.15, 0.2) is 60.7 Å². The topological polar surface area (TPSA) is 76.0 Å². The number of amides is 2. The molecule has 3 rings (SSSR count). The Morgan fingerprint density at radius 2 is 1.58 bits per heavy atom. The van der Waals surface area contributed by atoms with Crippen LogP contribution >= 0.6 is 0 Å². The second-order valence-corrected chi connectivity index (χ2v) is 8.18. The predicted molar refractivity (Wildman–Crippen MR) is 124 cm³/mol. The molecule has 6 heteroatoms. The zero-order valence-electron chi connectivity index (χ0n) is 18.6. The largest absolute Gasteiger partial charge is 0.353 e. The van der Waals surface area contributed by atoms with Crippen molar-refractivity contribution in [2.75, 3.05) is 5.32 Å². The Balaban J connectivity index is 1.76. The summed E-state index contributed by atoms with van der Waals surface area (Å²) in [5.74, 6) is 0.579. The third-order valence-electron chi connectivity index (χ3n) is 5.29. The highest BCUT2D eigenvalue weighted by molar-refractivity contribution is 5.93. The van der Waals surface area contributed by atoms with Crippen LogP contribution in [0.25, 0.3) is 16.9 Å². The van der Waals surface area contributed by atoms with Gasteiger partial charge in [0.2, 0.25) is 11.8 Å². The lowest BCUT2D eigenvalue weighted by Crippen LogP contribution is -2.36. The Bertz CT molecular complexity index is 1020. The zero-order valence-corrected chi connectivity index (χ0v) is 18.6. The van der Waals surface area contributed by atoms with Gasteiger partial charge in [-0.2, -0.15) is 5.10 Å². The molecule has 0 aliphatic heterocycles. The number of aromatic nitrogens is 2. The van der Waals surface area contributed by atoms with Gasteiger partial charge in [-0.3, -0.25) is 9.59 Å². The van der Waals surface area contributed by atoms with Gasteiger partial charge in [0.05, 0.1) is 11.4 Å². The van der Waals surface area contributed by atoms with Crippen LogP contribution in [0.3, 0.4) is 0 Å². The summed E-state index contributed by atoms with van der Waals surface area (Å²) in [4.78, 5) is 24.7. The Morgan fingerprint density at radius 1 is 0.935 bits per heavy atom. The van der Waals surface area contributed by atoms with Gasteiger partial charge >= 0.3 is 0 Å². The first-order chi connectivity index (χ1) is 14.8. The number of nitrogens with zero attached hydrogens (tertiary/aromatic N) is 2. The van der Waals surface area contributed by atoms with E-state index in [2.05, 4.69) is 10.6 Å². The fourth-order valence-corrected chi connectivity index (χ4v) is 3.03. The smallest absolute Gasteiger partial charge is 0.226 e. The molecule has 1 unspecified atom stereocenters. The van der Waals surface area contributed by atoms with E-state index in [4.69, 9.17) is 5.10 Å². The average molecular weight is 419 g/mol. The maximum Gasteiger partial charge on any atom is 0.226 e. The SMILES string of the molecule is Cc1ccc(-n2nc(-c3ccccc3)cc2NC(=O)CCC(=O)NC(C)C(C)C)cc1. The average Bonchev–Trinajstić information content (AvgIpc) is 3.17. The van der Waals surface area contributed by atoms with E-state index in [1.807, 2.05) is 88.4 Å². The first kappa shape index (κ1) is 22.3. The predicted octanol–water partition coefficient (Wildman–Crippen LogP) is 4.73. The monoisotopic (exact) mass is 418 g/mol. The molecule has 0 fully saturated rings. The van der Waals surface area contributed by atoms with Crippen molar-refractivity contribution in [3.05, 3.63) is 66.2 Å². The van der Waals surface area contributed by atoms with Crippen molar-refractivity contribution in [2.45, 2.75) is 46.6 Å². The molecule has 0 radical (unpaired) electrons. The van der Waals surface area contributed by atoms with Crippen LogP contribution in [-0.2, 0) is 9.59 Å². The number of aryl methyl sites for hydroxylation is 1. The van der Waals surface area contributed by atoms with Gasteiger partial charge in [-0.05, 0) is 31.9 Å². The molecule has 2 amide bonds. The van der Waals surface area contributed by atoms with E-state index in [0.717, 1.165) is 22.5 Å². The highest BCUT2D eigenvalue weighted by Gasteiger charge is 2.16. The minimum Gasteiger partial charge on any atom is -0.353 e. The minimum absolute atomic E-state index is 0.0759. The first-order valence-electron chi connectivity index (χ1n) is 10.6. The highest BCUT2D eigenvalue weighted by atomic mass is 16.2. The quantitative estimate of drug-likeness (QED) is 0.555. The summed E-state index contributed by atoms with van der Waals surface area (Å²) in [7, 11) is 0. The lowest BCUT2D eigenvalue weighted by Gasteiger charge is -2.17. The van der Waals surface area contributed by atoms with Crippen LogP contribution < -0.4 is 10.6 Å². The lowest BCUT2D eigenvalue weighted by molar-refractivity contribution is -0.125. The first-order valence-corrected chi connectivity index (χ1v) is 10.6. The molecule has 1 aromatic heterocycles. The van der Waals surface area contributed by atoms with Crippen molar-refractivity contribution < 1.29 is 9.59 Å². The Kier molecular flexibility index (Phi) is 7.23. The molecule has 31 heavy (non-hydrogen) atoms. The highest BCUT2D eigenvalue weighted by Crippen LogP contribution is 2.25. The number of benzene rings is 2. The van der Waals surface area contributed by atoms with Crippen molar-refractivity contribution in [1.29, 1.82) is 0 Å². The zero-order chi connectivity index (χ0) is 22.4. The normalized spacial score (nSPS) is 11.9. The van der Waals surface area contributed by atoms with E-state index in [1.54, 1.807) is 4.68 Å². The van der Waals surface area contributed by atoms with Crippen LogP contribution in [0.2, 0.25) is 0 Å². The van der Waals surface area contributed by atoms with E-state index < -0.39 is 0 Å². The van der Waals surface area contributed by atoms with Gasteiger partial charge < -0.3 is 10.6 Å². The van der Waals surface area contributed by atoms with Gasteiger partial charge in [0, 0.05) is 30.5 Å². The van der Waals surface area contributed by atoms with Crippen LogP contribution in [0.1, 0.15) is 39.2 Å². The number of nitrogens with one attached hydrogen (secondary N) is 2. The van der Waals surface area contributed by atoms with E-state index in [-0.39, 0.29) is 30.7 Å². The summed E-state index contributed by atoms with van der Waals surface area (Å²) in [6, 6.07) is 19.7. The molecular weight excluding hydrogens is 388 g/mol. The molecule has 0 aliphatic carbocycles. The third-order valence-corrected chi connectivity index (χ3v) is 5.29. The summed E-state index contributed by atoms with van der Waals surface area (Å²) >= 11 is 0. The Hall–Kier alpha value is -3.41. The number of anilines is 1. The van der Waals surface area contributed by atoms with Crippen LogP contribution in [0.5, 0.6) is 0 Å². The fourth-order valence-electron chi connectivity index (χ4n) is 3.03. The number of rotatable bonds is 8. The summed E-state index contributed by atoms with van der Waals surface area (Å²) in [6.45, 7) is 8.09.